The molecule has 3 aromatic rings. The molecule has 0 saturated carbocycles. The monoisotopic (exact) mass is 366 g/mol. The minimum absolute atomic E-state index is 0.0145. The first-order chi connectivity index (χ1) is 13.0. The molecule has 0 saturated heterocycles. The highest BCUT2D eigenvalue weighted by Gasteiger charge is 2.18. The van der Waals surface area contributed by atoms with Crippen LogP contribution in [-0.4, -0.2) is 27.5 Å². The van der Waals surface area contributed by atoms with Gasteiger partial charge in [0.15, 0.2) is 5.69 Å². The van der Waals surface area contributed by atoms with Crippen LogP contribution >= 0.6 is 0 Å². The molecule has 0 aliphatic heterocycles. The van der Waals surface area contributed by atoms with E-state index < -0.39 is 5.97 Å². The van der Waals surface area contributed by atoms with Crippen molar-refractivity contribution in [3.8, 4) is 0 Å². The number of carbonyl (C=O) groups is 1. The molecule has 27 heavy (non-hydrogen) atoms. The van der Waals surface area contributed by atoms with E-state index >= 15 is 0 Å². The Bertz CT molecular complexity index is 1010. The summed E-state index contributed by atoms with van der Waals surface area (Å²) in [6, 6.07) is 14.7. The Morgan fingerprint density at radius 2 is 1.78 bits per heavy atom. The van der Waals surface area contributed by atoms with Crippen LogP contribution in [0.4, 0.5) is 0 Å². The Kier molecular flexibility index (Phi) is 5.66. The fourth-order valence-electron chi connectivity index (χ4n) is 2.85. The van der Waals surface area contributed by atoms with Crippen molar-refractivity contribution in [2.45, 2.75) is 32.9 Å². The second-order valence-electron chi connectivity index (χ2n) is 6.62. The van der Waals surface area contributed by atoms with Crippen LogP contribution in [-0.2, 0) is 17.9 Å². The Morgan fingerprint density at radius 3 is 2.41 bits per heavy atom. The third-order valence-corrected chi connectivity index (χ3v) is 4.39. The van der Waals surface area contributed by atoms with Gasteiger partial charge in [0.05, 0.1) is 18.5 Å². The van der Waals surface area contributed by atoms with E-state index in [1.165, 1.54) is 5.56 Å². The first-order valence-electron chi connectivity index (χ1n) is 8.88. The zero-order valence-electron chi connectivity index (χ0n) is 15.4. The average Bonchev–Trinajstić information content (AvgIpc) is 2.68. The summed E-state index contributed by atoms with van der Waals surface area (Å²) in [5.74, 6) is -0.171. The van der Waals surface area contributed by atoms with Crippen molar-refractivity contribution in [2.75, 3.05) is 6.61 Å². The molecule has 1 aromatic heterocycles. The highest BCUT2D eigenvalue weighted by atomic mass is 16.5. The van der Waals surface area contributed by atoms with Gasteiger partial charge in [-0.2, -0.15) is 5.10 Å². The van der Waals surface area contributed by atoms with E-state index in [0.29, 0.717) is 16.7 Å². The summed E-state index contributed by atoms with van der Waals surface area (Å²) in [6.07, 6.45) is 0. The first kappa shape index (κ1) is 18.8. The minimum Gasteiger partial charge on any atom is -0.456 e. The van der Waals surface area contributed by atoms with E-state index in [4.69, 9.17) is 9.84 Å². The summed E-state index contributed by atoms with van der Waals surface area (Å²) >= 11 is 0. The molecule has 1 heterocycles. The van der Waals surface area contributed by atoms with Gasteiger partial charge in [0.1, 0.15) is 6.61 Å². The lowest BCUT2D eigenvalue weighted by Gasteiger charge is -2.11. The molecule has 0 aliphatic rings. The van der Waals surface area contributed by atoms with E-state index in [1.54, 1.807) is 24.3 Å². The Balaban J connectivity index is 1.86. The fourth-order valence-corrected chi connectivity index (χ4v) is 2.85. The summed E-state index contributed by atoms with van der Waals surface area (Å²) in [7, 11) is 0. The number of aliphatic hydroxyl groups excluding tert-OH is 1. The van der Waals surface area contributed by atoms with Crippen LogP contribution < -0.4 is 5.56 Å². The number of benzene rings is 2. The molecule has 0 spiro atoms. The third-order valence-electron chi connectivity index (χ3n) is 4.39. The molecule has 0 atom stereocenters. The molecule has 0 aliphatic carbocycles. The molecule has 1 N–H and O–H groups in total. The predicted octanol–water partition coefficient (Wildman–Crippen LogP) is 2.87. The quantitative estimate of drug-likeness (QED) is 0.679. The maximum Gasteiger partial charge on any atom is 0.359 e. The Morgan fingerprint density at radius 1 is 1.11 bits per heavy atom. The zero-order valence-corrected chi connectivity index (χ0v) is 15.4. The van der Waals surface area contributed by atoms with Gasteiger partial charge in [0.25, 0.3) is 5.56 Å². The highest BCUT2D eigenvalue weighted by molar-refractivity contribution is 6.02. The molecule has 6 nitrogen and oxygen atoms in total. The van der Waals surface area contributed by atoms with Crippen molar-refractivity contribution in [3.05, 3.63) is 75.7 Å². The van der Waals surface area contributed by atoms with Crippen molar-refractivity contribution in [2.24, 2.45) is 0 Å². The van der Waals surface area contributed by atoms with Crippen LogP contribution in [0.1, 0.15) is 41.4 Å². The largest absolute Gasteiger partial charge is 0.456 e. The molecule has 0 unspecified atom stereocenters. The van der Waals surface area contributed by atoms with Crippen molar-refractivity contribution in [1.29, 1.82) is 0 Å². The smallest absolute Gasteiger partial charge is 0.359 e. The number of nitrogens with zero attached hydrogens (tertiary/aromatic N) is 2. The number of aromatic nitrogens is 2. The lowest BCUT2D eigenvalue weighted by molar-refractivity contribution is 0.0464. The van der Waals surface area contributed by atoms with Crippen LogP contribution in [0, 0.1) is 0 Å². The van der Waals surface area contributed by atoms with Crippen LogP contribution in [0.5, 0.6) is 0 Å². The van der Waals surface area contributed by atoms with Crippen molar-refractivity contribution >= 4 is 16.7 Å². The van der Waals surface area contributed by atoms with Gasteiger partial charge in [-0.1, -0.05) is 56.3 Å². The first-order valence-corrected chi connectivity index (χ1v) is 8.88. The van der Waals surface area contributed by atoms with Gasteiger partial charge in [0, 0.05) is 5.39 Å². The van der Waals surface area contributed by atoms with Crippen LogP contribution in [0.3, 0.4) is 0 Å². The second-order valence-corrected chi connectivity index (χ2v) is 6.62. The maximum atomic E-state index is 12.6. The number of esters is 1. The predicted molar refractivity (Wildman–Crippen MR) is 103 cm³/mol. The number of hydrogen-bond donors (Lipinski definition) is 1. The molecular formula is C21H22N2O4. The third kappa shape index (κ3) is 4.06. The molecule has 0 radical (unpaired) electrons. The van der Waals surface area contributed by atoms with Gasteiger partial charge in [-0.25, -0.2) is 9.48 Å². The molecule has 6 heteroatoms. The summed E-state index contributed by atoms with van der Waals surface area (Å²) < 4.78 is 6.51. The standard InChI is InChI=1S/C21H22N2O4/c1-14(2)16-9-7-15(8-10-16)13-27-21(26)19-17-5-3-4-6-18(17)20(25)23(22-19)11-12-24/h3-10,14,24H,11-13H2,1-2H3. The molecule has 3 rings (SSSR count). The lowest BCUT2D eigenvalue weighted by Crippen LogP contribution is -2.27. The van der Waals surface area contributed by atoms with Crippen molar-refractivity contribution in [1.82, 2.24) is 9.78 Å². The van der Waals surface area contributed by atoms with Gasteiger partial charge in [0.2, 0.25) is 0 Å². The van der Waals surface area contributed by atoms with Crippen molar-refractivity contribution in [3.63, 3.8) is 0 Å². The lowest BCUT2D eigenvalue weighted by atomic mass is 10.0. The molecule has 140 valence electrons. The van der Waals surface area contributed by atoms with Crippen LogP contribution in [0.15, 0.2) is 53.3 Å². The van der Waals surface area contributed by atoms with Gasteiger partial charge in [-0.15, -0.1) is 0 Å². The maximum absolute atomic E-state index is 12.6. The van der Waals surface area contributed by atoms with E-state index in [1.807, 2.05) is 24.3 Å². The number of rotatable bonds is 6. The number of aliphatic hydroxyl groups is 1. The van der Waals surface area contributed by atoms with Crippen LogP contribution in [0.25, 0.3) is 10.8 Å². The van der Waals surface area contributed by atoms with E-state index in [0.717, 1.165) is 10.2 Å². The van der Waals surface area contributed by atoms with Gasteiger partial charge in [-0.05, 0) is 23.1 Å². The normalized spacial score (nSPS) is 11.1. The molecule has 0 fully saturated rings. The molecular weight excluding hydrogens is 344 g/mol. The summed E-state index contributed by atoms with van der Waals surface area (Å²) in [5, 5.41) is 14.1. The SMILES string of the molecule is CC(C)c1ccc(COC(=O)c2nn(CCO)c(=O)c3ccccc23)cc1. The number of carbonyl (C=O) groups excluding carboxylic acids is 1. The second kappa shape index (κ2) is 8.14. The molecule has 2 aromatic carbocycles. The highest BCUT2D eigenvalue weighted by Crippen LogP contribution is 2.17. The number of hydrogen-bond acceptors (Lipinski definition) is 5. The summed E-state index contributed by atoms with van der Waals surface area (Å²) in [5.41, 5.74) is 1.81. The van der Waals surface area contributed by atoms with Gasteiger partial charge < -0.3 is 9.84 Å². The summed E-state index contributed by atoms with van der Waals surface area (Å²) in [6.45, 7) is 4.12. The molecule has 0 amide bonds. The Labute approximate surface area is 157 Å². The van der Waals surface area contributed by atoms with E-state index in [9.17, 15) is 9.59 Å². The number of fused-ring (bicyclic) bond motifs is 1. The summed E-state index contributed by atoms with van der Waals surface area (Å²) in [4.78, 5) is 25.0. The van der Waals surface area contributed by atoms with E-state index in [-0.39, 0.29) is 31.0 Å². The van der Waals surface area contributed by atoms with Gasteiger partial charge in [-0.3, -0.25) is 4.79 Å². The molecule has 0 bridgehead atoms. The fraction of sp³-hybridized carbons (Fsp3) is 0.286. The van der Waals surface area contributed by atoms with E-state index in [2.05, 4.69) is 18.9 Å². The minimum atomic E-state index is -0.606. The average molecular weight is 366 g/mol. The van der Waals surface area contributed by atoms with Crippen molar-refractivity contribution < 1.29 is 14.6 Å². The Hall–Kier alpha value is -2.99. The number of ether oxygens (including phenoxy) is 1. The van der Waals surface area contributed by atoms with Gasteiger partial charge >= 0.3 is 5.97 Å². The zero-order chi connectivity index (χ0) is 19.4. The topological polar surface area (TPSA) is 81.4 Å². The van der Waals surface area contributed by atoms with Crippen LogP contribution in [0.2, 0.25) is 0 Å².